The normalized spacial score (nSPS) is 12.2. The Morgan fingerprint density at radius 3 is 2.57 bits per heavy atom. The summed E-state index contributed by atoms with van der Waals surface area (Å²) in [6, 6.07) is 13.4. The minimum atomic E-state index is -0.492. The Morgan fingerprint density at radius 2 is 1.89 bits per heavy atom. The van der Waals surface area contributed by atoms with Crippen molar-refractivity contribution in [2.75, 3.05) is 31.3 Å². The molecule has 2 aromatic carbocycles. The fourth-order valence-electron chi connectivity index (χ4n) is 3.00. The monoisotopic (exact) mass is 380 g/mol. The van der Waals surface area contributed by atoms with Crippen LogP contribution in [0.3, 0.4) is 0 Å². The summed E-state index contributed by atoms with van der Waals surface area (Å²) in [4.78, 5) is 30.8. The first-order valence-corrected chi connectivity index (χ1v) is 9.05. The number of aryl methyl sites for hydroxylation is 1. The lowest BCUT2D eigenvalue weighted by molar-refractivity contribution is -0.116. The number of hydrogen-bond donors (Lipinski definition) is 2. The molecule has 3 rings (SSSR count). The number of anilines is 2. The maximum atomic E-state index is 12.6. The molecule has 0 saturated heterocycles. The van der Waals surface area contributed by atoms with Crippen molar-refractivity contribution in [1.82, 2.24) is 9.88 Å². The molecule has 0 saturated carbocycles. The van der Waals surface area contributed by atoms with E-state index in [0.29, 0.717) is 22.2 Å². The zero-order chi connectivity index (χ0) is 20.3. The van der Waals surface area contributed by atoms with E-state index in [-0.39, 0.29) is 24.5 Å². The van der Waals surface area contributed by atoms with E-state index >= 15 is 0 Å². The first-order valence-electron chi connectivity index (χ1n) is 9.05. The second kappa shape index (κ2) is 8.22. The van der Waals surface area contributed by atoms with Gasteiger partial charge in [0.2, 0.25) is 5.91 Å². The van der Waals surface area contributed by atoms with Crippen LogP contribution in [0, 0.1) is 6.92 Å². The van der Waals surface area contributed by atoms with Gasteiger partial charge in [-0.15, -0.1) is 0 Å². The van der Waals surface area contributed by atoms with Crippen LogP contribution >= 0.6 is 0 Å². The van der Waals surface area contributed by atoms with Gasteiger partial charge in [-0.1, -0.05) is 30.3 Å². The summed E-state index contributed by atoms with van der Waals surface area (Å²) in [5.41, 5.74) is 2.29. The second-order valence-corrected chi connectivity index (χ2v) is 7.00. The zero-order valence-corrected chi connectivity index (χ0v) is 16.4. The largest absolute Gasteiger partial charge is 0.389 e. The summed E-state index contributed by atoms with van der Waals surface area (Å²) >= 11 is 0. The van der Waals surface area contributed by atoms with E-state index in [9.17, 15) is 9.59 Å². The Hall–Kier alpha value is -3.19. The predicted molar refractivity (Wildman–Crippen MR) is 111 cm³/mol. The van der Waals surface area contributed by atoms with E-state index in [1.165, 1.54) is 0 Å². The van der Waals surface area contributed by atoms with Crippen LogP contribution in [0.15, 0.2) is 51.7 Å². The van der Waals surface area contributed by atoms with Gasteiger partial charge in [0.1, 0.15) is 0 Å². The van der Waals surface area contributed by atoms with Crippen LogP contribution in [0.1, 0.15) is 24.1 Å². The summed E-state index contributed by atoms with van der Waals surface area (Å²) in [6.07, 6.45) is 0. The number of aromatic nitrogens is 1. The standard InChI is InChI=1S/C21H24N4O3/c1-13-16(23-18(26)12-25(3)4)10-11-17-19(13)20(27)28-21(24-17)22-14(2)15-8-6-5-7-9-15/h5-11,14H,12H2,1-4H3,(H,22,24)(H,23,26)/t14-/m1/s1. The fraction of sp³-hybridized carbons (Fsp3) is 0.286. The first-order chi connectivity index (χ1) is 13.3. The molecule has 0 fully saturated rings. The number of amides is 1. The third-order valence-corrected chi connectivity index (χ3v) is 4.43. The molecule has 7 heteroatoms. The lowest BCUT2D eigenvalue weighted by Crippen LogP contribution is -2.27. The molecule has 0 aliphatic rings. The average molecular weight is 380 g/mol. The molecule has 0 unspecified atom stereocenters. The Bertz CT molecular complexity index is 1040. The number of nitrogens with one attached hydrogen (secondary N) is 2. The summed E-state index contributed by atoms with van der Waals surface area (Å²) < 4.78 is 5.39. The topological polar surface area (TPSA) is 87.5 Å². The predicted octanol–water partition coefficient (Wildman–Crippen LogP) is 3.17. The number of fused-ring (bicyclic) bond motifs is 1. The van der Waals surface area contributed by atoms with Gasteiger partial charge in [0.05, 0.1) is 23.5 Å². The number of hydrogen-bond acceptors (Lipinski definition) is 6. The Balaban J connectivity index is 1.89. The molecule has 28 heavy (non-hydrogen) atoms. The summed E-state index contributed by atoms with van der Waals surface area (Å²) in [6.45, 7) is 3.99. The highest BCUT2D eigenvalue weighted by Gasteiger charge is 2.15. The Labute approximate surface area is 163 Å². The first kappa shape index (κ1) is 19.6. The number of likely N-dealkylation sites (N-methyl/N-ethyl adjacent to an activating group) is 1. The molecule has 1 atom stereocenters. The quantitative estimate of drug-likeness (QED) is 0.683. The lowest BCUT2D eigenvalue weighted by Gasteiger charge is -2.15. The van der Waals surface area contributed by atoms with Crippen molar-refractivity contribution in [2.24, 2.45) is 0 Å². The number of rotatable bonds is 6. The molecule has 1 amide bonds. The van der Waals surface area contributed by atoms with Gasteiger partial charge < -0.3 is 20.0 Å². The summed E-state index contributed by atoms with van der Waals surface area (Å²) in [7, 11) is 3.63. The second-order valence-electron chi connectivity index (χ2n) is 7.00. The minimum Gasteiger partial charge on any atom is -0.389 e. The fourth-order valence-corrected chi connectivity index (χ4v) is 3.00. The van der Waals surface area contributed by atoms with E-state index in [2.05, 4.69) is 15.6 Å². The molecule has 1 heterocycles. The Morgan fingerprint density at radius 1 is 1.18 bits per heavy atom. The van der Waals surface area contributed by atoms with Gasteiger partial charge in [0, 0.05) is 5.69 Å². The van der Waals surface area contributed by atoms with Crippen molar-refractivity contribution in [3.63, 3.8) is 0 Å². The third-order valence-electron chi connectivity index (χ3n) is 4.43. The van der Waals surface area contributed by atoms with Gasteiger partial charge in [-0.25, -0.2) is 4.79 Å². The highest BCUT2D eigenvalue weighted by Crippen LogP contribution is 2.24. The van der Waals surface area contributed by atoms with E-state index in [4.69, 9.17) is 4.42 Å². The van der Waals surface area contributed by atoms with Gasteiger partial charge in [0.15, 0.2) is 0 Å². The van der Waals surface area contributed by atoms with Gasteiger partial charge in [-0.3, -0.25) is 4.79 Å². The Kier molecular flexibility index (Phi) is 5.75. The maximum absolute atomic E-state index is 12.6. The molecule has 2 N–H and O–H groups in total. The molecular weight excluding hydrogens is 356 g/mol. The van der Waals surface area contributed by atoms with Gasteiger partial charge >= 0.3 is 5.63 Å². The minimum absolute atomic E-state index is 0.0695. The van der Waals surface area contributed by atoms with E-state index in [1.54, 1.807) is 24.0 Å². The molecule has 0 bridgehead atoms. The smallest absolute Gasteiger partial charge is 0.348 e. The van der Waals surface area contributed by atoms with Crippen molar-refractivity contribution in [1.29, 1.82) is 0 Å². The molecule has 0 aliphatic heterocycles. The number of carbonyl (C=O) groups is 1. The van der Waals surface area contributed by atoms with Crippen LogP contribution < -0.4 is 16.3 Å². The van der Waals surface area contributed by atoms with Crippen LogP contribution in [-0.2, 0) is 4.79 Å². The molecule has 7 nitrogen and oxygen atoms in total. The van der Waals surface area contributed by atoms with E-state index in [0.717, 1.165) is 5.56 Å². The van der Waals surface area contributed by atoms with Crippen molar-refractivity contribution >= 4 is 28.5 Å². The highest BCUT2D eigenvalue weighted by atomic mass is 16.4. The van der Waals surface area contributed by atoms with Crippen molar-refractivity contribution < 1.29 is 9.21 Å². The summed E-state index contributed by atoms with van der Waals surface area (Å²) in [5.74, 6) is -0.153. The average Bonchev–Trinajstić information content (AvgIpc) is 2.64. The van der Waals surface area contributed by atoms with Gasteiger partial charge in [-0.05, 0) is 51.2 Å². The van der Waals surface area contributed by atoms with Crippen molar-refractivity contribution in [3.05, 3.63) is 64.0 Å². The molecular formula is C21H24N4O3. The van der Waals surface area contributed by atoms with Gasteiger partial charge in [-0.2, -0.15) is 4.98 Å². The van der Waals surface area contributed by atoms with Crippen molar-refractivity contribution in [2.45, 2.75) is 19.9 Å². The number of carbonyl (C=O) groups excluding carboxylic acids is 1. The molecule has 0 radical (unpaired) electrons. The summed E-state index contributed by atoms with van der Waals surface area (Å²) in [5, 5.41) is 6.31. The molecule has 0 spiro atoms. The number of benzene rings is 2. The van der Waals surface area contributed by atoms with Crippen LogP contribution in [0.25, 0.3) is 10.9 Å². The van der Waals surface area contributed by atoms with Crippen LogP contribution in [0.5, 0.6) is 0 Å². The van der Waals surface area contributed by atoms with Crippen LogP contribution in [0.2, 0.25) is 0 Å². The van der Waals surface area contributed by atoms with Crippen molar-refractivity contribution in [3.8, 4) is 0 Å². The van der Waals surface area contributed by atoms with E-state index in [1.807, 2.05) is 51.4 Å². The molecule has 3 aromatic rings. The number of nitrogens with zero attached hydrogens (tertiary/aromatic N) is 2. The molecule has 0 aliphatic carbocycles. The zero-order valence-electron chi connectivity index (χ0n) is 16.4. The van der Waals surface area contributed by atoms with Crippen LogP contribution in [0.4, 0.5) is 11.7 Å². The molecule has 1 aromatic heterocycles. The maximum Gasteiger partial charge on any atom is 0.348 e. The van der Waals surface area contributed by atoms with E-state index < -0.39 is 5.63 Å². The lowest BCUT2D eigenvalue weighted by atomic mass is 10.1. The third kappa shape index (κ3) is 4.37. The van der Waals surface area contributed by atoms with Crippen LogP contribution in [-0.4, -0.2) is 36.4 Å². The SMILES string of the molecule is Cc1c(NC(=O)CN(C)C)ccc2nc(N[C@H](C)c3ccccc3)oc(=O)c12. The van der Waals surface area contributed by atoms with Gasteiger partial charge in [0.25, 0.3) is 6.01 Å². The molecule has 146 valence electrons. The highest BCUT2D eigenvalue weighted by molar-refractivity contribution is 5.96.